The normalized spacial score (nSPS) is 16.5. The molecule has 1 saturated heterocycles. The van der Waals surface area contributed by atoms with Crippen molar-refractivity contribution < 1.29 is 14.3 Å². The Bertz CT molecular complexity index is 732. The van der Waals surface area contributed by atoms with Crippen LogP contribution in [0.3, 0.4) is 0 Å². The van der Waals surface area contributed by atoms with Gasteiger partial charge < -0.3 is 9.47 Å². The van der Waals surface area contributed by atoms with Crippen LogP contribution in [0.25, 0.3) is 0 Å². The minimum atomic E-state index is -0.267. The van der Waals surface area contributed by atoms with E-state index in [2.05, 4.69) is 10.9 Å². The van der Waals surface area contributed by atoms with Crippen molar-refractivity contribution in [3.05, 3.63) is 58.1 Å². The highest BCUT2D eigenvalue weighted by molar-refractivity contribution is 6.42. The van der Waals surface area contributed by atoms with Crippen molar-refractivity contribution in [2.24, 2.45) is 0 Å². The molecular weight excluding hydrogens is 363 g/mol. The lowest BCUT2D eigenvalue weighted by atomic mass is 10.2. The van der Waals surface area contributed by atoms with Crippen LogP contribution in [0, 0.1) is 0 Å². The maximum absolute atomic E-state index is 12.2. The van der Waals surface area contributed by atoms with Gasteiger partial charge in [-0.1, -0.05) is 23.2 Å². The van der Waals surface area contributed by atoms with Crippen LogP contribution in [0.5, 0.6) is 5.75 Å². The number of halogens is 2. The molecular formula is C18H18Cl2N2O3. The Morgan fingerprint density at radius 3 is 2.64 bits per heavy atom. The van der Waals surface area contributed by atoms with Gasteiger partial charge >= 0.3 is 0 Å². The molecule has 25 heavy (non-hydrogen) atoms. The largest absolute Gasteiger partial charge is 0.491 e. The first kappa shape index (κ1) is 17.9. The number of carbonyl (C=O) groups is 1. The first-order chi connectivity index (χ1) is 12.1. The smallest absolute Gasteiger partial charge is 0.269 e. The molecule has 1 fully saturated rings. The van der Waals surface area contributed by atoms with Crippen LogP contribution in [0.4, 0.5) is 5.69 Å². The number of nitrogens with one attached hydrogen (secondary N) is 2. The van der Waals surface area contributed by atoms with E-state index >= 15 is 0 Å². The van der Waals surface area contributed by atoms with Gasteiger partial charge in [-0.05, 0) is 55.3 Å². The molecule has 1 aliphatic heterocycles. The minimum Gasteiger partial charge on any atom is -0.491 e. The van der Waals surface area contributed by atoms with Crippen LogP contribution in [-0.4, -0.2) is 25.2 Å². The van der Waals surface area contributed by atoms with Crippen LogP contribution < -0.4 is 15.6 Å². The molecule has 0 spiro atoms. The lowest BCUT2D eigenvalue weighted by Crippen LogP contribution is -2.29. The summed E-state index contributed by atoms with van der Waals surface area (Å²) in [7, 11) is 0. The maximum Gasteiger partial charge on any atom is 0.269 e. The minimum absolute atomic E-state index is 0.165. The third-order valence-corrected chi connectivity index (χ3v) is 4.56. The van der Waals surface area contributed by atoms with Gasteiger partial charge in [0.2, 0.25) is 0 Å². The topological polar surface area (TPSA) is 59.6 Å². The molecule has 2 aromatic carbocycles. The summed E-state index contributed by atoms with van der Waals surface area (Å²) in [5.74, 6) is 0.446. The molecule has 2 N–H and O–H groups in total. The molecule has 0 bridgehead atoms. The molecule has 1 aliphatic rings. The van der Waals surface area contributed by atoms with Crippen molar-refractivity contribution in [3.63, 3.8) is 0 Å². The van der Waals surface area contributed by atoms with E-state index in [1.54, 1.807) is 42.5 Å². The van der Waals surface area contributed by atoms with Gasteiger partial charge in [0.25, 0.3) is 5.91 Å². The van der Waals surface area contributed by atoms with E-state index in [4.69, 9.17) is 32.7 Å². The zero-order chi connectivity index (χ0) is 17.6. The average molecular weight is 381 g/mol. The molecule has 7 heteroatoms. The first-order valence-electron chi connectivity index (χ1n) is 7.98. The van der Waals surface area contributed by atoms with Gasteiger partial charge in [0.05, 0.1) is 21.8 Å². The van der Waals surface area contributed by atoms with Crippen LogP contribution in [0.15, 0.2) is 42.5 Å². The second-order valence-electron chi connectivity index (χ2n) is 5.68. The molecule has 5 nitrogen and oxygen atoms in total. The first-order valence-corrected chi connectivity index (χ1v) is 8.73. The van der Waals surface area contributed by atoms with E-state index in [0.717, 1.165) is 19.4 Å². The second kappa shape index (κ2) is 8.43. The lowest BCUT2D eigenvalue weighted by Gasteiger charge is -2.12. The Morgan fingerprint density at radius 1 is 1.16 bits per heavy atom. The number of carbonyl (C=O) groups excluding carboxylic acids is 1. The van der Waals surface area contributed by atoms with Crippen molar-refractivity contribution >= 4 is 34.8 Å². The second-order valence-corrected chi connectivity index (χ2v) is 6.49. The molecule has 132 valence electrons. The van der Waals surface area contributed by atoms with E-state index in [0.29, 0.717) is 33.7 Å². The molecule has 0 radical (unpaired) electrons. The number of ether oxygens (including phenoxy) is 2. The Labute approximate surface area is 156 Å². The number of hydrazine groups is 1. The quantitative estimate of drug-likeness (QED) is 0.733. The summed E-state index contributed by atoms with van der Waals surface area (Å²) >= 11 is 11.8. The van der Waals surface area contributed by atoms with E-state index in [1.807, 2.05) is 0 Å². The van der Waals surface area contributed by atoms with Crippen LogP contribution >= 0.6 is 23.2 Å². The number of hydrogen-bond donors (Lipinski definition) is 2. The molecule has 1 heterocycles. The van der Waals surface area contributed by atoms with Gasteiger partial charge in [-0.15, -0.1) is 0 Å². The van der Waals surface area contributed by atoms with Crippen molar-refractivity contribution in [2.45, 2.75) is 18.9 Å². The lowest BCUT2D eigenvalue weighted by molar-refractivity contribution is 0.0679. The van der Waals surface area contributed by atoms with Gasteiger partial charge in [0.1, 0.15) is 12.4 Å². The van der Waals surface area contributed by atoms with E-state index in [9.17, 15) is 4.79 Å². The van der Waals surface area contributed by atoms with E-state index in [-0.39, 0.29) is 12.0 Å². The zero-order valence-corrected chi connectivity index (χ0v) is 14.9. The van der Waals surface area contributed by atoms with Gasteiger partial charge in [-0.25, -0.2) is 0 Å². The monoisotopic (exact) mass is 380 g/mol. The van der Waals surface area contributed by atoms with Gasteiger partial charge in [-0.2, -0.15) is 0 Å². The molecule has 2 aromatic rings. The third-order valence-electron chi connectivity index (χ3n) is 3.82. The average Bonchev–Trinajstić information content (AvgIpc) is 3.15. The molecule has 0 aromatic heterocycles. The molecule has 1 amide bonds. The van der Waals surface area contributed by atoms with Gasteiger partial charge in [0.15, 0.2) is 0 Å². The highest BCUT2D eigenvalue weighted by atomic mass is 35.5. The summed E-state index contributed by atoms with van der Waals surface area (Å²) in [5.41, 5.74) is 6.55. The maximum atomic E-state index is 12.2. The fraction of sp³-hybridized carbons (Fsp3) is 0.278. The summed E-state index contributed by atoms with van der Waals surface area (Å²) in [4.78, 5) is 12.2. The SMILES string of the molecule is O=C(NNc1ccc(Cl)c(Cl)c1)c1ccc(OCC2CCCO2)cc1. The van der Waals surface area contributed by atoms with Crippen LogP contribution in [0.2, 0.25) is 10.0 Å². The summed E-state index contributed by atoms with van der Waals surface area (Å²) in [6.07, 6.45) is 2.28. The summed E-state index contributed by atoms with van der Waals surface area (Å²) < 4.78 is 11.2. The molecule has 1 unspecified atom stereocenters. The van der Waals surface area contributed by atoms with Crippen LogP contribution in [0.1, 0.15) is 23.2 Å². The molecule has 1 atom stereocenters. The highest BCUT2D eigenvalue weighted by Crippen LogP contribution is 2.24. The predicted molar refractivity (Wildman–Crippen MR) is 98.5 cm³/mol. The summed E-state index contributed by atoms with van der Waals surface area (Å²) in [6, 6.07) is 11.9. The van der Waals surface area contributed by atoms with Crippen LogP contribution in [-0.2, 0) is 4.74 Å². The number of rotatable bonds is 6. The van der Waals surface area contributed by atoms with Gasteiger partial charge in [-0.3, -0.25) is 15.6 Å². The Balaban J connectivity index is 1.50. The predicted octanol–water partition coefficient (Wildman–Crippen LogP) is 4.31. The summed E-state index contributed by atoms with van der Waals surface area (Å²) in [6.45, 7) is 1.34. The van der Waals surface area contributed by atoms with E-state index in [1.165, 1.54) is 0 Å². The highest BCUT2D eigenvalue weighted by Gasteiger charge is 2.16. The zero-order valence-electron chi connectivity index (χ0n) is 13.4. The van der Waals surface area contributed by atoms with Crippen molar-refractivity contribution in [1.29, 1.82) is 0 Å². The van der Waals surface area contributed by atoms with E-state index < -0.39 is 0 Å². The fourth-order valence-electron chi connectivity index (χ4n) is 2.44. The third kappa shape index (κ3) is 5.01. The summed E-state index contributed by atoms with van der Waals surface area (Å²) in [5, 5.41) is 0.866. The Kier molecular flexibility index (Phi) is 6.02. The number of benzene rings is 2. The Hall–Kier alpha value is -1.95. The fourth-order valence-corrected chi connectivity index (χ4v) is 2.74. The van der Waals surface area contributed by atoms with Crippen molar-refractivity contribution in [3.8, 4) is 5.75 Å². The standard InChI is InChI=1S/C18H18Cl2N2O3/c19-16-8-5-13(10-17(16)20)21-22-18(23)12-3-6-14(7-4-12)25-11-15-2-1-9-24-15/h3-8,10,15,21H,1-2,9,11H2,(H,22,23). The molecule has 0 aliphatic carbocycles. The van der Waals surface area contributed by atoms with Crippen molar-refractivity contribution in [1.82, 2.24) is 5.43 Å². The number of anilines is 1. The molecule has 0 saturated carbocycles. The number of hydrogen-bond acceptors (Lipinski definition) is 4. The van der Waals surface area contributed by atoms with Gasteiger partial charge in [0, 0.05) is 12.2 Å². The van der Waals surface area contributed by atoms with Crippen molar-refractivity contribution in [2.75, 3.05) is 18.6 Å². The Morgan fingerprint density at radius 2 is 1.96 bits per heavy atom. The molecule has 3 rings (SSSR count). The number of amides is 1.